The predicted molar refractivity (Wildman–Crippen MR) is 145 cm³/mol. The highest BCUT2D eigenvalue weighted by molar-refractivity contribution is 5.79. The van der Waals surface area contributed by atoms with Crippen LogP contribution in [0.25, 0.3) is 28.2 Å². The molecule has 0 amide bonds. The third-order valence-corrected chi connectivity index (χ3v) is 6.61. The number of nitrogens with zero attached hydrogens (tertiary/aromatic N) is 1. The molecule has 1 heterocycles. The van der Waals surface area contributed by atoms with Gasteiger partial charge in [-0.15, -0.1) is 0 Å². The van der Waals surface area contributed by atoms with Gasteiger partial charge in [0.05, 0.1) is 6.61 Å². The van der Waals surface area contributed by atoms with Gasteiger partial charge >= 0.3 is 5.97 Å². The molecule has 1 atom stereocenters. The van der Waals surface area contributed by atoms with Gasteiger partial charge in [-0.2, -0.15) is 0 Å². The molecule has 0 fully saturated rings. The van der Waals surface area contributed by atoms with E-state index in [0.717, 1.165) is 59.4 Å². The van der Waals surface area contributed by atoms with Crippen LogP contribution in [0.15, 0.2) is 95.4 Å². The number of para-hydroxylation sites is 1. The highest BCUT2D eigenvalue weighted by Gasteiger charge is 2.27. The lowest BCUT2D eigenvalue weighted by molar-refractivity contribution is -0.145. The molecule has 37 heavy (non-hydrogen) atoms. The maximum absolute atomic E-state index is 11.8. The van der Waals surface area contributed by atoms with E-state index in [9.17, 15) is 4.79 Å². The maximum atomic E-state index is 11.8. The number of allylic oxidation sites excluding steroid dienone is 2. The van der Waals surface area contributed by atoms with E-state index in [2.05, 4.69) is 36.4 Å². The molecule has 0 aliphatic heterocycles. The minimum Gasteiger partial charge on any atom is -0.482 e. The van der Waals surface area contributed by atoms with Crippen molar-refractivity contribution in [2.45, 2.75) is 32.6 Å². The van der Waals surface area contributed by atoms with Gasteiger partial charge in [-0.25, -0.2) is 9.78 Å². The zero-order chi connectivity index (χ0) is 25.5. The summed E-state index contributed by atoms with van der Waals surface area (Å²) >= 11 is 0. The highest BCUT2D eigenvalue weighted by Crippen LogP contribution is 2.40. The Labute approximate surface area is 217 Å². The van der Waals surface area contributed by atoms with Crippen LogP contribution in [0.4, 0.5) is 0 Å². The summed E-state index contributed by atoms with van der Waals surface area (Å²) in [6.07, 6.45) is 6.18. The van der Waals surface area contributed by atoms with E-state index in [1.165, 1.54) is 0 Å². The van der Waals surface area contributed by atoms with Gasteiger partial charge in [0.25, 0.3) is 0 Å². The van der Waals surface area contributed by atoms with E-state index in [-0.39, 0.29) is 18.5 Å². The summed E-state index contributed by atoms with van der Waals surface area (Å²) in [5, 5.41) is 0. The summed E-state index contributed by atoms with van der Waals surface area (Å²) in [7, 11) is 0. The Balaban J connectivity index is 1.45. The average molecular weight is 494 g/mol. The van der Waals surface area contributed by atoms with Crippen LogP contribution in [0.2, 0.25) is 0 Å². The standard InChI is InChI=1S/C32H31NO4/c1-2-35-29(34)22-36-28-20-12-10-18-26(28)21-25-17-9-11-19-27(25)32-33-30(23-13-5-3-6-14-23)31(37-32)24-15-7-4-8-16-24/h3-8,10,12-16,18-20,25H,2,9,11,17,21-22H2,1H3. The lowest BCUT2D eigenvalue weighted by Crippen LogP contribution is -2.16. The SMILES string of the molecule is CCOC(=O)COc1ccccc1CC1CCCC=C1c1nc(-c2ccccc2)c(-c2ccccc2)o1. The summed E-state index contributed by atoms with van der Waals surface area (Å²) < 4.78 is 17.4. The Morgan fingerprint density at radius 3 is 2.41 bits per heavy atom. The number of rotatable bonds is 9. The number of oxazole rings is 1. The fourth-order valence-electron chi connectivity index (χ4n) is 4.86. The molecule has 1 aromatic heterocycles. The number of aromatic nitrogens is 1. The Bertz CT molecular complexity index is 1300. The van der Waals surface area contributed by atoms with Gasteiger partial charge in [-0.05, 0) is 50.2 Å². The van der Waals surface area contributed by atoms with Crippen molar-refractivity contribution in [2.75, 3.05) is 13.2 Å². The van der Waals surface area contributed by atoms with Gasteiger partial charge in [0.1, 0.15) is 11.4 Å². The molecule has 5 rings (SSSR count). The Morgan fingerprint density at radius 2 is 1.65 bits per heavy atom. The molecule has 4 aromatic rings. The van der Waals surface area contributed by atoms with Crippen molar-refractivity contribution in [1.82, 2.24) is 4.98 Å². The Hall–Kier alpha value is -4.12. The first-order chi connectivity index (χ1) is 18.2. The number of esters is 1. The normalized spacial score (nSPS) is 15.2. The molecule has 0 N–H and O–H groups in total. The van der Waals surface area contributed by atoms with Crippen LogP contribution in [0.3, 0.4) is 0 Å². The fraction of sp³-hybridized carbons (Fsp3) is 0.250. The molecule has 0 saturated heterocycles. The van der Waals surface area contributed by atoms with E-state index in [1.54, 1.807) is 6.92 Å². The molecule has 0 spiro atoms. The molecule has 5 nitrogen and oxygen atoms in total. The quantitative estimate of drug-likeness (QED) is 0.228. The summed E-state index contributed by atoms with van der Waals surface area (Å²) in [5.41, 5.74) is 5.08. The van der Waals surface area contributed by atoms with Gasteiger partial charge < -0.3 is 13.9 Å². The third kappa shape index (κ3) is 5.83. The van der Waals surface area contributed by atoms with Crippen molar-refractivity contribution in [3.63, 3.8) is 0 Å². The molecule has 3 aromatic carbocycles. The Morgan fingerprint density at radius 1 is 0.946 bits per heavy atom. The van der Waals surface area contributed by atoms with E-state index in [0.29, 0.717) is 18.2 Å². The van der Waals surface area contributed by atoms with E-state index < -0.39 is 0 Å². The van der Waals surface area contributed by atoms with E-state index in [1.807, 2.05) is 54.6 Å². The van der Waals surface area contributed by atoms with E-state index >= 15 is 0 Å². The zero-order valence-corrected chi connectivity index (χ0v) is 21.1. The van der Waals surface area contributed by atoms with Crippen LogP contribution in [0.5, 0.6) is 5.75 Å². The molecule has 5 heteroatoms. The molecule has 1 unspecified atom stereocenters. The largest absolute Gasteiger partial charge is 0.482 e. The van der Waals surface area contributed by atoms with Crippen molar-refractivity contribution in [2.24, 2.45) is 5.92 Å². The van der Waals surface area contributed by atoms with Crippen LogP contribution in [-0.4, -0.2) is 24.2 Å². The monoisotopic (exact) mass is 493 g/mol. The van der Waals surface area contributed by atoms with Gasteiger partial charge in [-0.1, -0.05) is 84.9 Å². The molecular weight excluding hydrogens is 462 g/mol. The van der Waals surface area contributed by atoms with E-state index in [4.69, 9.17) is 18.9 Å². The lowest BCUT2D eigenvalue weighted by atomic mass is 9.83. The molecule has 0 bridgehead atoms. The summed E-state index contributed by atoms with van der Waals surface area (Å²) in [6, 6.07) is 28.2. The zero-order valence-electron chi connectivity index (χ0n) is 21.1. The van der Waals surface area contributed by atoms with Crippen molar-refractivity contribution < 1.29 is 18.7 Å². The van der Waals surface area contributed by atoms with Gasteiger partial charge in [0, 0.05) is 16.7 Å². The van der Waals surface area contributed by atoms with Crippen molar-refractivity contribution in [3.8, 4) is 28.3 Å². The van der Waals surface area contributed by atoms with Crippen molar-refractivity contribution in [3.05, 3.63) is 102 Å². The smallest absolute Gasteiger partial charge is 0.344 e. The fourth-order valence-corrected chi connectivity index (χ4v) is 4.86. The molecule has 0 saturated carbocycles. The number of ether oxygens (including phenoxy) is 2. The molecule has 0 radical (unpaired) electrons. The first kappa shape index (κ1) is 24.6. The summed E-state index contributed by atoms with van der Waals surface area (Å²) in [6.45, 7) is 2.03. The Kier molecular flexibility index (Phi) is 7.80. The second-order valence-electron chi connectivity index (χ2n) is 9.12. The predicted octanol–water partition coefficient (Wildman–Crippen LogP) is 7.38. The number of carbonyl (C=O) groups is 1. The second kappa shape index (κ2) is 11.7. The number of benzene rings is 3. The van der Waals surface area contributed by atoms with Gasteiger partial charge in [-0.3, -0.25) is 0 Å². The maximum Gasteiger partial charge on any atom is 0.344 e. The van der Waals surface area contributed by atoms with Crippen molar-refractivity contribution in [1.29, 1.82) is 0 Å². The van der Waals surface area contributed by atoms with Crippen molar-refractivity contribution >= 4 is 11.5 Å². The second-order valence-corrected chi connectivity index (χ2v) is 9.12. The summed E-state index contributed by atoms with van der Waals surface area (Å²) in [5.74, 6) is 2.03. The van der Waals surface area contributed by atoms with Crippen LogP contribution < -0.4 is 4.74 Å². The van der Waals surface area contributed by atoms with Gasteiger partial charge in [0.15, 0.2) is 12.4 Å². The van der Waals surface area contributed by atoms with Crippen LogP contribution >= 0.6 is 0 Å². The average Bonchev–Trinajstić information content (AvgIpc) is 3.39. The third-order valence-electron chi connectivity index (χ3n) is 6.61. The molecule has 188 valence electrons. The number of carbonyl (C=O) groups excluding carboxylic acids is 1. The van der Waals surface area contributed by atoms with Crippen LogP contribution in [-0.2, 0) is 16.0 Å². The van der Waals surface area contributed by atoms with Crippen LogP contribution in [0, 0.1) is 5.92 Å². The minimum absolute atomic E-state index is 0.0984. The minimum atomic E-state index is -0.364. The molecular formula is C32H31NO4. The van der Waals surface area contributed by atoms with Gasteiger partial charge in [0.2, 0.25) is 5.89 Å². The lowest BCUT2D eigenvalue weighted by Gasteiger charge is -2.23. The topological polar surface area (TPSA) is 61.6 Å². The highest BCUT2D eigenvalue weighted by atomic mass is 16.6. The number of hydrogen-bond acceptors (Lipinski definition) is 5. The molecule has 1 aliphatic carbocycles. The van der Waals surface area contributed by atoms with Crippen LogP contribution in [0.1, 0.15) is 37.6 Å². The molecule has 1 aliphatic rings. The first-order valence-electron chi connectivity index (χ1n) is 12.9. The first-order valence-corrected chi connectivity index (χ1v) is 12.9. The number of hydrogen-bond donors (Lipinski definition) is 0. The summed E-state index contributed by atoms with van der Waals surface area (Å²) in [4.78, 5) is 16.9.